The van der Waals surface area contributed by atoms with Gasteiger partial charge in [-0.3, -0.25) is 4.68 Å². The van der Waals surface area contributed by atoms with Crippen molar-refractivity contribution in [1.29, 1.82) is 0 Å². The van der Waals surface area contributed by atoms with E-state index in [1.807, 2.05) is 23.9 Å². The fourth-order valence-corrected chi connectivity index (χ4v) is 3.33. The molecule has 1 unspecified atom stereocenters. The van der Waals surface area contributed by atoms with E-state index in [4.69, 9.17) is 23.2 Å². The van der Waals surface area contributed by atoms with Gasteiger partial charge in [0.2, 0.25) is 0 Å². The van der Waals surface area contributed by atoms with Crippen molar-refractivity contribution < 1.29 is 0 Å². The molecule has 17 heavy (non-hydrogen) atoms. The molecule has 0 radical (unpaired) electrons. The van der Waals surface area contributed by atoms with Gasteiger partial charge in [0, 0.05) is 18.8 Å². The number of aryl methyl sites for hydroxylation is 1. The molecule has 1 N–H and O–H groups in total. The van der Waals surface area contributed by atoms with Gasteiger partial charge in [0.15, 0.2) is 0 Å². The SMILES string of the molecule is CCNC(c1cc(Cl)sc1Cl)c1ccnn1C. The first kappa shape index (κ1) is 12.9. The number of rotatable bonds is 4. The van der Waals surface area contributed by atoms with Crippen LogP contribution in [-0.2, 0) is 7.05 Å². The Morgan fingerprint density at radius 2 is 2.29 bits per heavy atom. The summed E-state index contributed by atoms with van der Waals surface area (Å²) in [6.07, 6.45) is 1.78. The Morgan fingerprint density at radius 1 is 1.53 bits per heavy atom. The lowest BCUT2D eigenvalue weighted by molar-refractivity contribution is 0.574. The lowest BCUT2D eigenvalue weighted by Crippen LogP contribution is -2.24. The van der Waals surface area contributed by atoms with Crippen LogP contribution in [0.25, 0.3) is 0 Å². The molecule has 0 aliphatic rings. The van der Waals surface area contributed by atoms with Gasteiger partial charge in [-0.15, -0.1) is 11.3 Å². The normalized spacial score (nSPS) is 12.9. The van der Waals surface area contributed by atoms with Crippen LogP contribution in [0, 0.1) is 0 Å². The number of aromatic nitrogens is 2. The summed E-state index contributed by atoms with van der Waals surface area (Å²) in [5.41, 5.74) is 2.08. The molecule has 0 saturated carbocycles. The van der Waals surface area contributed by atoms with E-state index in [1.165, 1.54) is 11.3 Å². The van der Waals surface area contributed by atoms with Gasteiger partial charge in [0.05, 0.1) is 20.4 Å². The van der Waals surface area contributed by atoms with Crippen LogP contribution in [0.5, 0.6) is 0 Å². The second-order valence-corrected chi connectivity index (χ2v) is 5.94. The van der Waals surface area contributed by atoms with Crippen LogP contribution in [0.1, 0.15) is 24.2 Å². The molecule has 0 aromatic carbocycles. The largest absolute Gasteiger partial charge is 0.305 e. The first-order valence-corrected chi connectivity index (χ1v) is 6.86. The Kier molecular flexibility index (Phi) is 4.09. The number of thiophene rings is 1. The maximum Gasteiger partial charge on any atom is 0.0996 e. The number of hydrogen-bond acceptors (Lipinski definition) is 3. The molecule has 0 spiro atoms. The molecule has 2 rings (SSSR count). The number of nitrogens with zero attached hydrogens (tertiary/aromatic N) is 2. The maximum absolute atomic E-state index is 6.21. The summed E-state index contributed by atoms with van der Waals surface area (Å²) < 4.78 is 3.27. The summed E-state index contributed by atoms with van der Waals surface area (Å²) in [6.45, 7) is 2.91. The van der Waals surface area contributed by atoms with E-state index in [1.54, 1.807) is 6.20 Å². The Hall–Kier alpha value is -0.550. The van der Waals surface area contributed by atoms with Crippen LogP contribution in [0.3, 0.4) is 0 Å². The van der Waals surface area contributed by atoms with Crippen LogP contribution < -0.4 is 5.32 Å². The number of nitrogens with one attached hydrogen (secondary N) is 1. The average Bonchev–Trinajstić information content (AvgIpc) is 2.82. The topological polar surface area (TPSA) is 29.9 Å². The zero-order valence-corrected chi connectivity index (χ0v) is 11.9. The second-order valence-electron chi connectivity index (χ2n) is 3.65. The van der Waals surface area contributed by atoms with Gasteiger partial charge < -0.3 is 5.32 Å². The van der Waals surface area contributed by atoms with Gasteiger partial charge >= 0.3 is 0 Å². The minimum Gasteiger partial charge on any atom is -0.305 e. The van der Waals surface area contributed by atoms with E-state index in [-0.39, 0.29) is 6.04 Å². The van der Waals surface area contributed by atoms with Gasteiger partial charge in [-0.1, -0.05) is 30.1 Å². The van der Waals surface area contributed by atoms with E-state index >= 15 is 0 Å². The van der Waals surface area contributed by atoms with Crippen LogP contribution in [0.2, 0.25) is 8.67 Å². The van der Waals surface area contributed by atoms with E-state index in [0.29, 0.717) is 4.34 Å². The van der Waals surface area contributed by atoms with E-state index < -0.39 is 0 Å². The zero-order valence-electron chi connectivity index (χ0n) is 9.58. The minimum atomic E-state index is 0.0312. The third-order valence-electron chi connectivity index (χ3n) is 2.56. The Labute approximate surface area is 114 Å². The molecule has 2 heterocycles. The van der Waals surface area contributed by atoms with E-state index in [9.17, 15) is 0 Å². The standard InChI is InChI=1S/C11H13Cl2N3S/c1-3-14-10(8-4-5-15-16(8)2)7-6-9(12)17-11(7)13/h4-6,10,14H,3H2,1-2H3. The Bertz CT molecular complexity index is 507. The molecule has 6 heteroatoms. The van der Waals surface area contributed by atoms with Crippen molar-refractivity contribution in [2.24, 2.45) is 7.05 Å². The summed E-state index contributed by atoms with van der Waals surface area (Å²) >= 11 is 13.6. The first-order chi connectivity index (χ1) is 8.13. The Balaban J connectivity index is 2.42. The van der Waals surface area contributed by atoms with Crippen molar-refractivity contribution in [1.82, 2.24) is 15.1 Å². The molecule has 0 amide bonds. The predicted octanol–water partition coefficient (Wildman–Crippen LogP) is 3.49. The van der Waals surface area contributed by atoms with Gasteiger partial charge in [-0.25, -0.2) is 0 Å². The summed E-state index contributed by atoms with van der Waals surface area (Å²) in [7, 11) is 1.92. The molecular weight excluding hydrogens is 277 g/mol. The van der Waals surface area contributed by atoms with Crippen LogP contribution in [0.4, 0.5) is 0 Å². The summed E-state index contributed by atoms with van der Waals surface area (Å²) in [4.78, 5) is 0. The fraction of sp³-hybridized carbons (Fsp3) is 0.364. The zero-order chi connectivity index (χ0) is 12.4. The molecule has 1 atom stereocenters. The molecule has 3 nitrogen and oxygen atoms in total. The molecular formula is C11H13Cl2N3S. The monoisotopic (exact) mass is 289 g/mol. The molecule has 2 aromatic rings. The molecule has 0 aliphatic carbocycles. The van der Waals surface area contributed by atoms with Crippen molar-refractivity contribution in [3.05, 3.63) is 38.3 Å². The lowest BCUT2D eigenvalue weighted by atomic mass is 10.1. The van der Waals surface area contributed by atoms with E-state index in [0.717, 1.165) is 22.1 Å². The quantitative estimate of drug-likeness (QED) is 0.934. The van der Waals surface area contributed by atoms with Crippen molar-refractivity contribution in [2.45, 2.75) is 13.0 Å². The van der Waals surface area contributed by atoms with Crippen molar-refractivity contribution in [3.8, 4) is 0 Å². The predicted molar refractivity (Wildman–Crippen MR) is 73.1 cm³/mol. The van der Waals surface area contributed by atoms with Gasteiger partial charge in [0.25, 0.3) is 0 Å². The maximum atomic E-state index is 6.21. The van der Waals surface area contributed by atoms with Crippen LogP contribution in [0.15, 0.2) is 18.3 Å². The van der Waals surface area contributed by atoms with E-state index in [2.05, 4.69) is 17.3 Å². The third-order valence-corrected chi connectivity index (χ3v) is 4.07. The third kappa shape index (κ3) is 2.65. The first-order valence-electron chi connectivity index (χ1n) is 5.29. The number of halogens is 2. The highest BCUT2D eigenvalue weighted by atomic mass is 35.5. The van der Waals surface area contributed by atoms with Crippen LogP contribution in [-0.4, -0.2) is 16.3 Å². The summed E-state index contributed by atoms with van der Waals surface area (Å²) in [5, 5.41) is 7.58. The smallest absolute Gasteiger partial charge is 0.0996 e. The minimum absolute atomic E-state index is 0.0312. The molecule has 0 fully saturated rings. The van der Waals surface area contributed by atoms with Crippen molar-refractivity contribution >= 4 is 34.5 Å². The van der Waals surface area contributed by atoms with Gasteiger partial charge in [-0.2, -0.15) is 5.10 Å². The second kappa shape index (κ2) is 5.40. The highest BCUT2D eigenvalue weighted by Gasteiger charge is 2.21. The molecule has 2 aromatic heterocycles. The summed E-state index contributed by atoms with van der Waals surface area (Å²) in [6, 6.07) is 3.92. The van der Waals surface area contributed by atoms with Crippen molar-refractivity contribution in [2.75, 3.05) is 6.54 Å². The number of hydrogen-bond donors (Lipinski definition) is 1. The summed E-state index contributed by atoms with van der Waals surface area (Å²) in [5.74, 6) is 0. The van der Waals surface area contributed by atoms with Gasteiger partial charge in [0.1, 0.15) is 0 Å². The van der Waals surface area contributed by atoms with Gasteiger partial charge in [-0.05, 0) is 18.7 Å². The molecule has 0 bridgehead atoms. The Morgan fingerprint density at radius 3 is 2.76 bits per heavy atom. The lowest BCUT2D eigenvalue weighted by Gasteiger charge is -2.17. The highest BCUT2D eigenvalue weighted by Crippen LogP contribution is 2.37. The average molecular weight is 290 g/mol. The molecule has 0 aliphatic heterocycles. The molecule has 92 valence electrons. The molecule has 0 saturated heterocycles. The highest BCUT2D eigenvalue weighted by molar-refractivity contribution is 7.20. The van der Waals surface area contributed by atoms with Crippen molar-refractivity contribution in [3.63, 3.8) is 0 Å². The fourth-order valence-electron chi connectivity index (χ4n) is 1.80. The van der Waals surface area contributed by atoms with Crippen LogP contribution >= 0.6 is 34.5 Å².